The number of halogens is 1. The van der Waals surface area contributed by atoms with Crippen molar-refractivity contribution in [2.24, 2.45) is 5.73 Å². The molecule has 0 radical (unpaired) electrons. The van der Waals surface area contributed by atoms with Crippen LogP contribution in [0.2, 0.25) is 0 Å². The molecule has 3 nitrogen and oxygen atoms in total. The summed E-state index contributed by atoms with van der Waals surface area (Å²) in [6.07, 6.45) is 0.920. The molecule has 0 saturated carbocycles. The lowest BCUT2D eigenvalue weighted by Gasteiger charge is -2.14. The predicted octanol–water partition coefficient (Wildman–Crippen LogP) is 2.67. The van der Waals surface area contributed by atoms with E-state index in [9.17, 15) is 0 Å². The number of hydrogen-bond donors (Lipinski definition) is 1. The average molecular weight is 286 g/mol. The molecule has 1 aliphatic rings. The van der Waals surface area contributed by atoms with Crippen LogP contribution in [0.25, 0.3) is 0 Å². The first-order valence-corrected chi connectivity index (χ1v) is 6.30. The summed E-state index contributed by atoms with van der Waals surface area (Å²) in [5.74, 6) is 1.96. The van der Waals surface area contributed by atoms with Crippen molar-refractivity contribution < 1.29 is 9.47 Å². The van der Waals surface area contributed by atoms with Gasteiger partial charge < -0.3 is 15.2 Å². The van der Waals surface area contributed by atoms with Gasteiger partial charge in [-0.1, -0.05) is 6.92 Å². The van der Waals surface area contributed by atoms with Crippen LogP contribution in [0.5, 0.6) is 11.5 Å². The number of fused-ring (bicyclic) bond motifs is 1. The van der Waals surface area contributed by atoms with Gasteiger partial charge in [0.05, 0.1) is 17.7 Å². The molecule has 0 bridgehead atoms. The highest BCUT2D eigenvalue weighted by molar-refractivity contribution is 9.10. The van der Waals surface area contributed by atoms with Gasteiger partial charge in [0.1, 0.15) is 0 Å². The molecule has 0 saturated heterocycles. The molecule has 0 aromatic heterocycles. The Bertz CT molecular complexity index is 382. The number of nitrogens with two attached hydrogens (primary N) is 1. The molecule has 2 N–H and O–H groups in total. The van der Waals surface area contributed by atoms with E-state index in [1.165, 1.54) is 5.56 Å². The maximum Gasteiger partial charge on any atom is 0.175 e. The summed E-state index contributed by atoms with van der Waals surface area (Å²) < 4.78 is 12.3. The lowest BCUT2D eigenvalue weighted by atomic mass is 10.0. The molecular formula is C12H16BrNO2. The smallest absolute Gasteiger partial charge is 0.175 e. The number of benzene rings is 1. The summed E-state index contributed by atoms with van der Waals surface area (Å²) in [6, 6.07) is 4.09. The molecule has 1 heterocycles. The minimum atomic E-state index is 0.327. The van der Waals surface area contributed by atoms with Crippen molar-refractivity contribution in [2.75, 3.05) is 19.8 Å². The summed E-state index contributed by atoms with van der Waals surface area (Å²) in [4.78, 5) is 0. The van der Waals surface area contributed by atoms with Gasteiger partial charge in [-0.05, 0) is 46.1 Å². The molecule has 0 aliphatic carbocycles. The van der Waals surface area contributed by atoms with E-state index in [2.05, 4.69) is 28.9 Å². The molecule has 0 fully saturated rings. The van der Waals surface area contributed by atoms with Crippen molar-refractivity contribution in [1.82, 2.24) is 0 Å². The van der Waals surface area contributed by atoms with E-state index in [0.717, 1.165) is 22.4 Å². The van der Waals surface area contributed by atoms with Crippen LogP contribution in [0, 0.1) is 0 Å². The van der Waals surface area contributed by atoms with E-state index in [1.807, 2.05) is 6.07 Å². The van der Waals surface area contributed by atoms with Gasteiger partial charge in [0.2, 0.25) is 0 Å². The summed E-state index contributed by atoms with van der Waals surface area (Å²) in [5.41, 5.74) is 6.85. The van der Waals surface area contributed by atoms with E-state index < -0.39 is 0 Å². The van der Waals surface area contributed by atoms with Gasteiger partial charge in [-0.2, -0.15) is 0 Å². The minimum Gasteiger partial charge on any atom is -0.490 e. The first-order chi connectivity index (χ1) is 7.72. The van der Waals surface area contributed by atoms with Gasteiger partial charge in [-0.3, -0.25) is 0 Å². The standard InChI is InChI=1S/C12H16BrNO2/c1-8(7-14)9-5-10(13)12-11(6-9)15-3-2-4-16-12/h5-6,8H,2-4,7,14H2,1H3. The van der Waals surface area contributed by atoms with E-state index in [0.29, 0.717) is 25.7 Å². The molecular weight excluding hydrogens is 270 g/mol. The third-order valence-electron chi connectivity index (χ3n) is 2.75. The van der Waals surface area contributed by atoms with Crippen LogP contribution in [0.4, 0.5) is 0 Å². The van der Waals surface area contributed by atoms with Gasteiger partial charge in [0.25, 0.3) is 0 Å². The van der Waals surface area contributed by atoms with Crippen LogP contribution in [0.3, 0.4) is 0 Å². The second-order valence-electron chi connectivity index (χ2n) is 4.02. The molecule has 1 aromatic rings. The molecule has 2 rings (SSSR count). The van der Waals surface area contributed by atoms with E-state index in [4.69, 9.17) is 15.2 Å². The second kappa shape index (κ2) is 5.06. The van der Waals surface area contributed by atoms with Crippen LogP contribution in [-0.4, -0.2) is 19.8 Å². The maximum absolute atomic E-state index is 5.67. The monoisotopic (exact) mass is 285 g/mol. The Kier molecular flexibility index (Phi) is 3.71. The zero-order chi connectivity index (χ0) is 11.5. The fourth-order valence-electron chi connectivity index (χ4n) is 1.67. The van der Waals surface area contributed by atoms with Crippen LogP contribution in [0.1, 0.15) is 24.8 Å². The summed E-state index contributed by atoms with van der Waals surface area (Å²) >= 11 is 3.52. The van der Waals surface area contributed by atoms with E-state index in [-0.39, 0.29) is 0 Å². The molecule has 16 heavy (non-hydrogen) atoms. The third kappa shape index (κ3) is 2.33. The van der Waals surface area contributed by atoms with Gasteiger partial charge in [-0.25, -0.2) is 0 Å². The molecule has 1 atom stereocenters. The highest BCUT2D eigenvalue weighted by Gasteiger charge is 2.16. The Labute approximate surface area is 104 Å². The Morgan fingerprint density at radius 3 is 2.88 bits per heavy atom. The lowest BCUT2D eigenvalue weighted by Crippen LogP contribution is -2.09. The van der Waals surface area contributed by atoms with Crippen LogP contribution in [-0.2, 0) is 0 Å². The predicted molar refractivity (Wildman–Crippen MR) is 67.2 cm³/mol. The highest BCUT2D eigenvalue weighted by Crippen LogP contribution is 2.39. The average Bonchev–Trinajstić information content (AvgIpc) is 2.53. The molecule has 1 aliphatic heterocycles. The SMILES string of the molecule is CC(CN)c1cc(Br)c2c(c1)OCCCO2. The summed E-state index contributed by atoms with van der Waals surface area (Å²) in [5, 5.41) is 0. The molecule has 0 spiro atoms. The Balaban J connectivity index is 2.39. The first-order valence-electron chi connectivity index (χ1n) is 5.51. The van der Waals surface area contributed by atoms with Gasteiger partial charge in [0, 0.05) is 6.42 Å². The quantitative estimate of drug-likeness (QED) is 0.909. The number of hydrogen-bond acceptors (Lipinski definition) is 3. The summed E-state index contributed by atoms with van der Waals surface area (Å²) in [6.45, 7) is 4.15. The van der Waals surface area contributed by atoms with Crippen molar-refractivity contribution in [2.45, 2.75) is 19.3 Å². The number of rotatable bonds is 2. The van der Waals surface area contributed by atoms with Gasteiger partial charge >= 0.3 is 0 Å². The van der Waals surface area contributed by atoms with Crippen molar-refractivity contribution >= 4 is 15.9 Å². The van der Waals surface area contributed by atoms with Gasteiger partial charge in [-0.15, -0.1) is 0 Å². The Morgan fingerprint density at radius 2 is 2.12 bits per heavy atom. The molecule has 1 aromatic carbocycles. The van der Waals surface area contributed by atoms with E-state index >= 15 is 0 Å². The zero-order valence-corrected chi connectivity index (χ0v) is 10.9. The largest absolute Gasteiger partial charge is 0.490 e. The van der Waals surface area contributed by atoms with Crippen molar-refractivity contribution in [3.63, 3.8) is 0 Å². The maximum atomic E-state index is 5.67. The minimum absolute atomic E-state index is 0.327. The molecule has 0 amide bonds. The summed E-state index contributed by atoms with van der Waals surface area (Å²) in [7, 11) is 0. The molecule has 4 heteroatoms. The van der Waals surface area contributed by atoms with Crippen molar-refractivity contribution in [3.8, 4) is 11.5 Å². The Hall–Kier alpha value is -0.740. The van der Waals surface area contributed by atoms with E-state index in [1.54, 1.807) is 0 Å². The fraction of sp³-hybridized carbons (Fsp3) is 0.500. The Morgan fingerprint density at radius 1 is 1.38 bits per heavy atom. The fourth-order valence-corrected chi connectivity index (χ4v) is 2.25. The molecule has 1 unspecified atom stereocenters. The zero-order valence-electron chi connectivity index (χ0n) is 9.33. The third-order valence-corrected chi connectivity index (χ3v) is 3.34. The van der Waals surface area contributed by atoms with Crippen molar-refractivity contribution in [1.29, 1.82) is 0 Å². The topological polar surface area (TPSA) is 44.5 Å². The van der Waals surface area contributed by atoms with Crippen molar-refractivity contribution in [3.05, 3.63) is 22.2 Å². The van der Waals surface area contributed by atoms with Crippen LogP contribution >= 0.6 is 15.9 Å². The van der Waals surface area contributed by atoms with Crippen LogP contribution < -0.4 is 15.2 Å². The number of ether oxygens (including phenoxy) is 2. The second-order valence-corrected chi connectivity index (χ2v) is 4.87. The normalized spacial score (nSPS) is 16.7. The first kappa shape index (κ1) is 11.7. The highest BCUT2D eigenvalue weighted by atomic mass is 79.9. The molecule has 88 valence electrons. The van der Waals surface area contributed by atoms with Crippen LogP contribution in [0.15, 0.2) is 16.6 Å². The lowest BCUT2D eigenvalue weighted by molar-refractivity contribution is 0.296. The van der Waals surface area contributed by atoms with Gasteiger partial charge in [0.15, 0.2) is 11.5 Å².